The number of benzene rings is 2. The van der Waals surface area contributed by atoms with E-state index in [4.69, 9.17) is 4.74 Å². The van der Waals surface area contributed by atoms with E-state index >= 15 is 0 Å². The lowest BCUT2D eigenvalue weighted by Crippen LogP contribution is -2.11. The fraction of sp³-hybridized carbons (Fsp3) is 0.414. The van der Waals surface area contributed by atoms with E-state index in [9.17, 15) is 4.79 Å². The second-order valence-electron chi connectivity index (χ2n) is 8.87. The molecular weight excluding hydrogens is 408 g/mol. The highest BCUT2D eigenvalue weighted by Gasteiger charge is 2.10. The molecule has 174 valence electrons. The second kappa shape index (κ2) is 12.9. The van der Waals surface area contributed by atoms with Gasteiger partial charge >= 0.3 is 5.97 Å². The molecule has 0 bridgehead atoms. The van der Waals surface area contributed by atoms with Crippen LogP contribution >= 0.6 is 0 Å². The Hall–Kier alpha value is -3.01. The summed E-state index contributed by atoms with van der Waals surface area (Å²) in [6.07, 6.45) is 12.7. The minimum absolute atomic E-state index is 0.188. The molecule has 33 heavy (non-hydrogen) atoms. The lowest BCUT2D eigenvalue weighted by molar-refractivity contribution is -0.135. The number of carbonyl (C=O) groups excluding carboxylic acids is 1. The first-order chi connectivity index (χ1) is 16.1. The van der Waals surface area contributed by atoms with Crippen LogP contribution in [0.5, 0.6) is 5.75 Å². The third kappa shape index (κ3) is 7.81. The SMILES string of the molecule is CCCCCCCc1ccc(-c2ncc(-c3ccc(OC(=O)CC(C)CC)cc3)cn2)cc1. The number of aryl methyl sites for hydroxylation is 1. The Morgan fingerprint density at radius 1 is 0.818 bits per heavy atom. The smallest absolute Gasteiger partial charge is 0.311 e. The van der Waals surface area contributed by atoms with E-state index in [1.54, 1.807) is 0 Å². The van der Waals surface area contributed by atoms with E-state index in [-0.39, 0.29) is 5.97 Å². The van der Waals surface area contributed by atoms with Crippen molar-refractivity contribution in [3.05, 3.63) is 66.5 Å². The number of hydrogen-bond acceptors (Lipinski definition) is 4. The van der Waals surface area contributed by atoms with Crippen molar-refractivity contribution in [2.24, 2.45) is 5.92 Å². The van der Waals surface area contributed by atoms with E-state index in [1.165, 1.54) is 37.7 Å². The fourth-order valence-corrected chi connectivity index (χ4v) is 3.70. The molecule has 0 aliphatic heterocycles. The monoisotopic (exact) mass is 444 g/mol. The third-order valence-corrected chi connectivity index (χ3v) is 6.06. The van der Waals surface area contributed by atoms with Crippen molar-refractivity contribution in [3.8, 4) is 28.3 Å². The van der Waals surface area contributed by atoms with Gasteiger partial charge in [0.25, 0.3) is 0 Å². The molecule has 0 saturated carbocycles. The largest absolute Gasteiger partial charge is 0.427 e. The van der Waals surface area contributed by atoms with E-state index in [0.29, 0.717) is 18.1 Å². The van der Waals surface area contributed by atoms with Crippen LogP contribution in [-0.4, -0.2) is 15.9 Å². The van der Waals surface area contributed by atoms with Gasteiger partial charge in [0.2, 0.25) is 0 Å². The van der Waals surface area contributed by atoms with Crippen LogP contribution in [0.1, 0.15) is 71.3 Å². The highest BCUT2D eigenvalue weighted by molar-refractivity contribution is 5.73. The molecule has 3 aromatic rings. The molecule has 3 rings (SSSR count). The van der Waals surface area contributed by atoms with Crippen LogP contribution in [0.15, 0.2) is 60.9 Å². The summed E-state index contributed by atoms with van der Waals surface area (Å²) in [5.74, 6) is 1.44. The average molecular weight is 445 g/mol. The summed E-state index contributed by atoms with van der Waals surface area (Å²) in [7, 11) is 0. The lowest BCUT2D eigenvalue weighted by Gasteiger charge is -2.09. The molecule has 0 aliphatic carbocycles. The predicted molar refractivity (Wildman–Crippen MR) is 135 cm³/mol. The molecule has 0 aliphatic rings. The van der Waals surface area contributed by atoms with E-state index in [0.717, 1.165) is 35.4 Å². The summed E-state index contributed by atoms with van der Waals surface area (Å²) in [5.41, 5.74) is 4.32. The topological polar surface area (TPSA) is 52.1 Å². The first-order valence-electron chi connectivity index (χ1n) is 12.3. The summed E-state index contributed by atoms with van der Waals surface area (Å²) in [4.78, 5) is 21.1. The molecule has 0 N–H and O–H groups in total. The van der Waals surface area contributed by atoms with Gasteiger partial charge in [-0.25, -0.2) is 9.97 Å². The highest BCUT2D eigenvalue weighted by Crippen LogP contribution is 2.24. The van der Waals surface area contributed by atoms with Gasteiger partial charge in [-0.15, -0.1) is 0 Å². The second-order valence-corrected chi connectivity index (χ2v) is 8.87. The van der Waals surface area contributed by atoms with Crippen LogP contribution in [0.4, 0.5) is 0 Å². The summed E-state index contributed by atoms with van der Waals surface area (Å²) in [6, 6.07) is 16.1. The van der Waals surface area contributed by atoms with E-state index < -0.39 is 0 Å². The van der Waals surface area contributed by atoms with Crippen molar-refractivity contribution in [1.82, 2.24) is 9.97 Å². The van der Waals surface area contributed by atoms with Crippen LogP contribution in [0.25, 0.3) is 22.5 Å². The molecule has 1 aromatic heterocycles. The van der Waals surface area contributed by atoms with Crippen molar-refractivity contribution in [1.29, 1.82) is 0 Å². The van der Waals surface area contributed by atoms with Crippen molar-refractivity contribution in [3.63, 3.8) is 0 Å². The molecular formula is C29H36N2O2. The third-order valence-electron chi connectivity index (χ3n) is 6.06. The minimum atomic E-state index is -0.188. The maximum atomic E-state index is 12.0. The molecule has 1 unspecified atom stereocenters. The Bertz CT molecular complexity index is 980. The van der Waals surface area contributed by atoms with E-state index in [1.807, 2.05) is 36.7 Å². The quantitative estimate of drug-likeness (QED) is 0.163. The van der Waals surface area contributed by atoms with Crippen LogP contribution in [0.3, 0.4) is 0 Å². The van der Waals surface area contributed by atoms with Crippen molar-refractivity contribution < 1.29 is 9.53 Å². The van der Waals surface area contributed by atoms with Crippen molar-refractivity contribution in [2.45, 2.75) is 72.1 Å². The van der Waals surface area contributed by atoms with Gasteiger partial charge in [-0.05, 0) is 42.0 Å². The zero-order chi connectivity index (χ0) is 23.5. The molecule has 0 radical (unpaired) electrons. The maximum Gasteiger partial charge on any atom is 0.311 e. The molecule has 1 heterocycles. The van der Waals surface area contributed by atoms with E-state index in [2.05, 4.69) is 55.0 Å². The molecule has 0 fully saturated rings. The number of nitrogens with zero attached hydrogens (tertiary/aromatic N) is 2. The number of hydrogen-bond donors (Lipinski definition) is 0. The number of esters is 1. The molecule has 4 heteroatoms. The molecule has 0 saturated heterocycles. The van der Waals surface area contributed by atoms with Crippen LogP contribution < -0.4 is 4.74 Å². The van der Waals surface area contributed by atoms with Gasteiger partial charge in [-0.2, -0.15) is 0 Å². The summed E-state index contributed by atoms with van der Waals surface area (Å²) in [5, 5.41) is 0. The summed E-state index contributed by atoms with van der Waals surface area (Å²) in [6.45, 7) is 6.38. The van der Waals surface area contributed by atoms with Gasteiger partial charge in [-0.3, -0.25) is 4.79 Å². The first-order valence-corrected chi connectivity index (χ1v) is 12.3. The highest BCUT2D eigenvalue weighted by atomic mass is 16.5. The van der Waals surface area contributed by atoms with Gasteiger partial charge in [-0.1, -0.05) is 89.3 Å². The number of ether oxygens (including phenoxy) is 1. The fourth-order valence-electron chi connectivity index (χ4n) is 3.70. The van der Waals surface area contributed by atoms with Gasteiger partial charge < -0.3 is 4.74 Å². The molecule has 1 atom stereocenters. The standard InChI is InChI=1S/C29H36N2O2/c1-4-6-7-8-9-10-23-11-13-25(14-12-23)29-30-20-26(21-31-29)24-15-17-27(18-16-24)33-28(32)19-22(3)5-2/h11-18,20-22H,4-10,19H2,1-3H3. The Balaban J connectivity index is 1.56. The lowest BCUT2D eigenvalue weighted by atomic mass is 10.0. The Morgan fingerprint density at radius 3 is 2.09 bits per heavy atom. The van der Waals surface area contributed by atoms with Gasteiger partial charge in [0, 0.05) is 29.9 Å². The van der Waals surface area contributed by atoms with Crippen LogP contribution in [0, 0.1) is 5.92 Å². The molecule has 2 aromatic carbocycles. The molecule has 0 spiro atoms. The first kappa shape index (κ1) is 24.6. The van der Waals surface area contributed by atoms with Crippen LogP contribution in [-0.2, 0) is 11.2 Å². The Kier molecular flexibility index (Phi) is 9.61. The summed E-state index contributed by atoms with van der Waals surface area (Å²) < 4.78 is 5.44. The number of carbonyl (C=O) groups is 1. The minimum Gasteiger partial charge on any atom is -0.427 e. The van der Waals surface area contributed by atoms with Crippen LogP contribution in [0.2, 0.25) is 0 Å². The number of aromatic nitrogens is 2. The Morgan fingerprint density at radius 2 is 1.45 bits per heavy atom. The Labute approximate surface area is 198 Å². The summed E-state index contributed by atoms with van der Waals surface area (Å²) >= 11 is 0. The average Bonchev–Trinajstić information content (AvgIpc) is 2.85. The maximum absolute atomic E-state index is 12.0. The predicted octanol–water partition coefficient (Wildman–Crippen LogP) is 7.67. The number of unbranched alkanes of at least 4 members (excludes halogenated alkanes) is 4. The normalized spacial score (nSPS) is 11.8. The number of rotatable bonds is 12. The molecule has 0 amide bonds. The zero-order valence-electron chi connectivity index (χ0n) is 20.2. The van der Waals surface area contributed by atoms with Gasteiger partial charge in [0.1, 0.15) is 5.75 Å². The van der Waals surface area contributed by atoms with Crippen molar-refractivity contribution >= 4 is 5.97 Å². The zero-order valence-corrected chi connectivity index (χ0v) is 20.2. The van der Waals surface area contributed by atoms with Crippen molar-refractivity contribution in [2.75, 3.05) is 0 Å². The van der Waals surface area contributed by atoms with Gasteiger partial charge in [0.05, 0.1) is 0 Å². The molecule has 4 nitrogen and oxygen atoms in total. The van der Waals surface area contributed by atoms with Gasteiger partial charge in [0.15, 0.2) is 5.82 Å².